The first kappa shape index (κ1) is 12.8. The third-order valence-corrected chi connectivity index (χ3v) is 3.88. The van der Waals surface area contributed by atoms with Gasteiger partial charge in [0.25, 0.3) is 0 Å². The Hall–Kier alpha value is -1.22. The van der Waals surface area contributed by atoms with Gasteiger partial charge in [-0.05, 0) is 42.9 Å². The molecule has 0 amide bonds. The number of benzene rings is 1. The zero-order valence-electron chi connectivity index (χ0n) is 11.7. The quantitative estimate of drug-likeness (QED) is 0.780. The molecule has 0 aliphatic heterocycles. The first-order valence-corrected chi connectivity index (χ1v) is 7.38. The van der Waals surface area contributed by atoms with Crippen molar-refractivity contribution < 1.29 is 9.47 Å². The molecule has 104 valence electrons. The second-order valence-electron chi connectivity index (χ2n) is 5.72. The van der Waals surface area contributed by atoms with E-state index < -0.39 is 0 Å². The van der Waals surface area contributed by atoms with Crippen molar-refractivity contribution in [2.75, 3.05) is 13.7 Å². The zero-order chi connectivity index (χ0) is 13.1. The van der Waals surface area contributed by atoms with Gasteiger partial charge in [-0.2, -0.15) is 0 Å². The first-order valence-electron chi connectivity index (χ1n) is 7.38. The lowest BCUT2D eigenvalue weighted by Crippen LogP contribution is -2.15. The highest BCUT2D eigenvalue weighted by atomic mass is 16.5. The molecule has 2 aliphatic rings. The lowest BCUT2D eigenvalue weighted by atomic mass is 10.2. The standard InChI is InChI=1S/C16H23NO2/c1-18-15-7-4-13(11-17-14-5-6-14)10-16(15)19-9-8-12-2-3-12/h4,7,10,12,14,17H,2-3,5-6,8-9,11H2,1H3. The number of nitrogens with one attached hydrogen (secondary N) is 1. The largest absolute Gasteiger partial charge is 0.493 e. The van der Waals surface area contributed by atoms with Crippen LogP contribution in [0.25, 0.3) is 0 Å². The summed E-state index contributed by atoms with van der Waals surface area (Å²) in [6, 6.07) is 6.97. The van der Waals surface area contributed by atoms with Gasteiger partial charge in [-0.1, -0.05) is 18.9 Å². The molecule has 1 N–H and O–H groups in total. The van der Waals surface area contributed by atoms with Gasteiger partial charge >= 0.3 is 0 Å². The number of methoxy groups -OCH3 is 1. The maximum absolute atomic E-state index is 5.89. The molecule has 1 aromatic rings. The summed E-state index contributed by atoms with van der Waals surface area (Å²) in [7, 11) is 1.70. The fourth-order valence-corrected chi connectivity index (χ4v) is 2.24. The molecular weight excluding hydrogens is 238 g/mol. The summed E-state index contributed by atoms with van der Waals surface area (Å²) in [6.07, 6.45) is 6.58. The van der Waals surface area contributed by atoms with E-state index in [2.05, 4.69) is 17.4 Å². The average Bonchev–Trinajstić information content (AvgIpc) is 3.30. The van der Waals surface area contributed by atoms with Gasteiger partial charge in [-0.15, -0.1) is 0 Å². The molecule has 0 atom stereocenters. The molecule has 2 saturated carbocycles. The third-order valence-electron chi connectivity index (χ3n) is 3.88. The van der Waals surface area contributed by atoms with Crippen LogP contribution in [0.1, 0.15) is 37.7 Å². The van der Waals surface area contributed by atoms with Crippen LogP contribution >= 0.6 is 0 Å². The Morgan fingerprint density at radius 3 is 2.68 bits per heavy atom. The van der Waals surface area contributed by atoms with E-state index in [1.807, 2.05) is 6.07 Å². The van der Waals surface area contributed by atoms with Crippen molar-refractivity contribution in [1.82, 2.24) is 5.32 Å². The highest BCUT2D eigenvalue weighted by Crippen LogP contribution is 2.33. The van der Waals surface area contributed by atoms with Crippen molar-refractivity contribution >= 4 is 0 Å². The Morgan fingerprint density at radius 2 is 2.00 bits per heavy atom. The predicted octanol–water partition coefficient (Wildman–Crippen LogP) is 3.13. The molecule has 2 aliphatic carbocycles. The van der Waals surface area contributed by atoms with E-state index in [0.29, 0.717) is 0 Å². The normalized spacial score (nSPS) is 18.4. The van der Waals surface area contributed by atoms with Crippen molar-refractivity contribution in [1.29, 1.82) is 0 Å². The number of rotatable bonds is 8. The summed E-state index contributed by atoms with van der Waals surface area (Å²) in [5, 5.41) is 3.53. The van der Waals surface area contributed by atoms with Gasteiger partial charge in [-0.25, -0.2) is 0 Å². The number of hydrogen-bond donors (Lipinski definition) is 1. The fourth-order valence-electron chi connectivity index (χ4n) is 2.24. The minimum atomic E-state index is 0.737. The van der Waals surface area contributed by atoms with Gasteiger partial charge in [0.05, 0.1) is 13.7 Å². The molecule has 0 aromatic heterocycles. The van der Waals surface area contributed by atoms with Gasteiger partial charge in [-0.3, -0.25) is 0 Å². The summed E-state index contributed by atoms with van der Waals surface area (Å²) in [6.45, 7) is 1.73. The molecule has 0 bridgehead atoms. The topological polar surface area (TPSA) is 30.5 Å². The van der Waals surface area contributed by atoms with E-state index in [9.17, 15) is 0 Å². The third kappa shape index (κ3) is 3.87. The monoisotopic (exact) mass is 261 g/mol. The van der Waals surface area contributed by atoms with E-state index >= 15 is 0 Å². The number of hydrogen-bond acceptors (Lipinski definition) is 3. The van der Waals surface area contributed by atoms with Gasteiger partial charge < -0.3 is 14.8 Å². The predicted molar refractivity (Wildman–Crippen MR) is 75.7 cm³/mol. The van der Waals surface area contributed by atoms with E-state index in [0.717, 1.165) is 36.6 Å². The van der Waals surface area contributed by atoms with E-state index in [1.54, 1.807) is 7.11 Å². The van der Waals surface area contributed by atoms with Gasteiger partial charge in [0.2, 0.25) is 0 Å². The fraction of sp³-hybridized carbons (Fsp3) is 0.625. The Kier molecular flexibility index (Phi) is 3.92. The smallest absolute Gasteiger partial charge is 0.161 e. The summed E-state index contributed by atoms with van der Waals surface area (Å²) < 4.78 is 11.3. The second kappa shape index (κ2) is 5.83. The van der Waals surface area contributed by atoms with Crippen molar-refractivity contribution in [2.24, 2.45) is 5.92 Å². The van der Waals surface area contributed by atoms with Gasteiger partial charge in [0.1, 0.15) is 0 Å². The van der Waals surface area contributed by atoms with Crippen LogP contribution < -0.4 is 14.8 Å². The molecule has 0 radical (unpaired) electrons. The summed E-state index contributed by atoms with van der Waals surface area (Å²) in [4.78, 5) is 0. The van der Waals surface area contributed by atoms with Crippen LogP contribution in [0.4, 0.5) is 0 Å². The Morgan fingerprint density at radius 1 is 1.16 bits per heavy atom. The molecular formula is C16H23NO2. The molecule has 1 aromatic carbocycles. The van der Waals surface area contributed by atoms with Crippen LogP contribution in [0, 0.1) is 5.92 Å². The van der Waals surface area contributed by atoms with Crippen LogP contribution in [0.2, 0.25) is 0 Å². The van der Waals surface area contributed by atoms with Crippen molar-refractivity contribution in [3.8, 4) is 11.5 Å². The highest BCUT2D eigenvalue weighted by molar-refractivity contribution is 5.43. The number of ether oxygens (including phenoxy) is 2. The SMILES string of the molecule is COc1ccc(CNC2CC2)cc1OCCC1CC1. The molecule has 3 nitrogen and oxygen atoms in total. The van der Waals surface area contributed by atoms with Crippen LogP contribution in [0.15, 0.2) is 18.2 Å². The molecule has 0 unspecified atom stereocenters. The minimum Gasteiger partial charge on any atom is -0.493 e. The lowest BCUT2D eigenvalue weighted by molar-refractivity contribution is 0.282. The van der Waals surface area contributed by atoms with Crippen molar-refractivity contribution in [3.05, 3.63) is 23.8 Å². The molecule has 19 heavy (non-hydrogen) atoms. The van der Waals surface area contributed by atoms with Crippen LogP contribution in [0.5, 0.6) is 11.5 Å². The summed E-state index contributed by atoms with van der Waals surface area (Å²) >= 11 is 0. The molecule has 0 heterocycles. The second-order valence-corrected chi connectivity index (χ2v) is 5.72. The average molecular weight is 261 g/mol. The van der Waals surface area contributed by atoms with Crippen molar-refractivity contribution in [3.63, 3.8) is 0 Å². The first-order chi connectivity index (χ1) is 9.35. The van der Waals surface area contributed by atoms with Crippen molar-refractivity contribution in [2.45, 2.75) is 44.7 Å². The maximum atomic E-state index is 5.89. The molecule has 3 heteroatoms. The Balaban J connectivity index is 1.57. The molecule has 0 spiro atoms. The minimum absolute atomic E-state index is 0.737. The van der Waals surface area contributed by atoms with Crippen LogP contribution in [-0.2, 0) is 6.54 Å². The summed E-state index contributed by atoms with van der Waals surface area (Å²) in [5.74, 6) is 2.63. The van der Waals surface area contributed by atoms with Gasteiger partial charge in [0.15, 0.2) is 11.5 Å². The maximum Gasteiger partial charge on any atom is 0.161 e. The lowest BCUT2D eigenvalue weighted by Gasteiger charge is -2.12. The Labute approximate surface area is 115 Å². The van der Waals surface area contributed by atoms with Crippen LogP contribution in [-0.4, -0.2) is 19.8 Å². The van der Waals surface area contributed by atoms with Crippen LogP contribution in [0.3, 0.4) is 0 Å². The zero-order valence-corrected chi connectivity index (χ0v) is 11.7. The Bertz CT molecular complexity index is 425. The van der Waals surface area contributed by atoms with E-state index in [-0.39, 0.29) is 0 Å². The highest BCUT2D eigenvalue weighted by Gasteiger charge is 2.21. The summed E-state index contributed by atoms with van der Waals surface area (Å²) in [5.41, 5.74) is 1.27. The molecule has 0 saturated heterocycles. The van der Waals surface area contributed by atoms with Gasteiger partial charge in [0, 0.05) is 12.6 Å². The molecule has 2 fully saturated rings. The molecule has 3 rings (SSSR count). The van der Waals surface area contributed by atoms with E-state index in [4.69, 9.17) is 9.47 Å². The van der Waals surface area contributed by atoms with E-state index in [1.165, 1.54) is 37.7 Å².